The summed E-state index contributed by atoms with van der Waals surface area (Å²) in [5, 5.41) is 12.5. The van der Waals surface area contributed by atoms with Gasteiger partial charge in [0.2, 0.25) is 0 Å². The smallest absolute Gasteiger partial charge is 0.0558 e. The van der Waals surface area contributed by atoms with Crippen LogP contribution in [0.15, 0.2) is 0 Å². The molecule has 3 nitrogen and oxygen atoms in total. The fraction of sp³-hybridized carbons (Fsp3) is 1.00. The molecule has 0 spiro atoms. The Morgan fingerprint density at radius 1 is 1.31 bits per heavy atom. The van der Waals surface area contributed by atoms with Gasteiger partial charge in [-0.25, -0.2) is 0 Å². The standard InChI is InChI=1S/C13H30N2O/c1-6-7-14-10-13(4,5)11-15(8-9-16)12(2)3/h12,14,16H,6-11H2,1-5H3. The second kappa shape index (κ2) is 8.04. The van der Waals surface area contributed by atoms with E-state index in [4.69, 9.17) is 5.11 Å². The van der Waals surface area contributed by atoms with Crippen molar-refractivity contribution in [3.8, 4) is 0 Å². The monoisotopic (exact) mass is 230 g/mol. The summed E-state index contributed by atoms with van der Waals surface area (Å²) in [7, 11) is 0. The van der Waals surface area contributed by atoms with E-state index in [1.807, 2.05) is 0 Å². The van der Waals surface area contributed by atoms with Crippen molar-refractivity contribution in [3.05, 3.63) is 0 Å². The van der Waals surface area contributed by atoms with E-state index in [2.05, 4.69) is 44.8 Å². The summed E-state index contributed by atoms with van der Waals surface area (Å²) in [6.07, 6.45) is 1.18. The molecule has 0 bridgehead atoms. The molecule has 0 atom stereocenters. The number of nitrogens with zero attached hydrogens (tertiary/aromatic N) is 1. The minimum atomic E-state index is 0.247. The minimum Gasteiger partial charge on any atom is -0.395 e. The molecule has 0 saturated heterocycles. The zero-order valence-corrected chi connectivity index (χ0v) is 11.7. The molecule has 0 saturated carbocycles. The molecular weight excluding hydrogens is 200 g/mol. The Balaban J connectivity index is 4.07. The average molecular weight is 230 g/mol. The highest BCUT2D eigenvalue weighted by Crippen LogP contribution is 2.17. The lowest BCUT2D eigenvalue weighted by Crippen LogP contribution is -2.44. The van der Waals surface area contributed by atoms with Crippen molar-refractivity contribution in [2.75, 3.05) is 32.8 Å². The van der Waals surface area contributed by atoms with Crippen molar-refractivity contribution in [2.24, 2.45) is 5.41 Å². The van der Waals surface area contributed by atoms with Gasteiger partial charge in [-0.3, -0.25) is 4.90 Å². The van der Waals surface area contributed by atoms with E-state index < -0.39 is 0 Å². The lowest BCUT2D eigenvalue weighted by Gasteiger charge is -2.35. The first-order valence-electron chi connectivity index (χ1n) is 6.48. The van der Waals surface area contributed by atoms with Gasteiger partial charge in [0.1, 0.15) is 0 Å². The molecule has 0 aromatic rings. The maximum absolute atomic E-state index is 9.04. The van der Waals surface area contributed by atoms with Gasteiger partial charge in [-0.2, -0.15) is 0 Å². The molecule has 0 aliphatic heterocycles. The minimum absolute atomic E-state index is 0.247. The zero-order chi connectivity index (χ0) is 12.6. The van der Waals surface area contributed by atoms with Crippen LogP contribution in [0.4, 0.5) is 0 Å². The Morgan fingerprint density at radius 2 is 1.94 bits per heavy atom. The number of aliphatic hydroxyl groups is 1. The predicted octanol–water partition coefficient (Wildman–Crippen LogP) is 1.71. The Morgan fingerprint density at radius 3 is 2.38 bits per heavy atom. The Hall–Kier alpha value is -0.120. The molecule has 0 fully saturated rings. The third-order valence-corrected chi connectivity index (χ3v) is 2.78. The van der Waals surface area contributed by atoms with E-state index in [0.29, 0.717) is 6.04 Å². The summed E-state index contributed by atoms with van der Waals surface area (Å²) < 4.78 is 0. The number of hydrogen-bond donors (Lipinski definition) is 2. The summed E-state index contributed by atoms with van der Waals surface area (Å²) in [4.78, 5) is 2.34. The van der Waals surface area contributed by atoms with Crippen molar-refractivity contribution in [3.63, 3.8) is 0 Å². The van der Waals surface area contributed by atoms with Gasteiger partial charge in [0, 0.05) is 25.7 Å². The third-order valence-electron chi connectivity index (χ3n) is 2.78. The van der Waals surface area contributed by atoms with Crippen LogP contribution in [0.3, 0.4) is 0 Å². The van der Waals surface area contributed by atoms with Crippen LogP contribution in [-0.4, -0.2) is 48.8 Å². The Labute approximate surface area is 101 Å². The number of hydrogen-bond acceptors (Lipinski definition) is 3. The maximum Gasteiger partial charge on any atom is 0.0558 e. The highest BCUT2D eigenvalue weighted by Gasteiger charge is 2.22. The van der Waals surface area contributed by atoms with Crippen molar-refractivity contribution < 1.29 is 5.11 Å². The lowest BCUT2D eigenvalue weighted by molar-refractivity contribution is 0.115. The summed E-state index contributed by atoms with van der Waals surface area (Å²) in [5.74, 6) is 0. The SMILES string of the molecule is CCCNCC(C)(C)CN(CCO)C(C)C. The summed E-state index contributed by atoms with van der Waals surface area (Å²) in [5.41, 5.74) is 0.259. The van der Waals surface area contributed by atoms with E-state index in [1.54, 1.807) is 0 Å². The van der Waals surface area contributed by atoms with Crippen molar-refractivity contribution >= 4 is 0 Å². The van der Waals surface area contributed by atoms with Gasteiger partial charge in [0.05, 0.1) is 6.61 Å². The summed E-state index contributed by atoms with van der Waals surface area (Å²) >= 11 is 0. The average Bonchev–Trinajstić information content (AvgIpc) is 2.17. The van der Waals surface area contributed by atoms with Crippen LogP contribution in [-0.2, 0) is 0 Å². The van der Waals surface area contributed by atoms with Crippen LogP contribution in [0.25, 0.3) is 0 Å². The highest BCUT2D eigenvalue weighted by molar-refractivity contribution is 4.77. The molecule has 0 radical (unpaired) electrons. The predicted molar refractivity (Wildman–Crippen MR) is 70.7 cm³/mol. The molecule has 0 unspecified atom stereocenters. The van der Waals surface area contributed by atoms with E-state index in [0.717, 1.165) is 26.2 Å². The first-order chi connectivity index (χ1) is 7.43. The van der Waals surface area contributed by atoms with Crippen molar-refractivity contribution in [1.82, 2.24) is 10.2 Å². The van der Waals surface area contributed by atoms with E-state index in [1.165, 1.54) is 6.42 Å². The Kier molecular flexibility index (Phi) is 7.98. The topological polar surface area (TPSA) is 35.5 Å². The molecule has 2 N–H and O–H groups in total. The normalized spacial score (nSPS) is 12.8. The van der Waals surface area contributed by atoms with Gasteiger partial charge < -0.3 is 10.4 Å². The molecule has 0 amide bonds. The molecule has 0 aliphatic rings. The summed E-state index contributed by atoms with van der Waals surface area (Å²) in [6.45, 7) is 15.3. The molecule has 16 heavy (non-hydrogen) atoms. The molecule has 3 heteroatoms. The van der Waals surface area contributed by atoms with Crippen LogP contribution in [0.1, 0.15) is 41.0 Å². The van der Waals surface area contributed by atoms with Gasteiger partial charge >= 0.3 is 0 Å². The van der Waals surface area contributed by atoms with Crippen LogP contribution < -0.4 is 5.32 Å². The van der Waals surface area contributed by atoms with Crippen molar-refractivity contribution in [1.29, 1.82) is 0 Å². The fourth-order valence-corrected chi connectivity index (χ4v) is 1.86. The zero-order valence-electron chi connectivity index (χ0n) is 11.7. The van der Waals surface area contributed by atoms with Crippen LogP contribution in [0, 0.1) is 5.41 Å². The molecule has 98 valence electrons. The molecule has 0 aromatic heterocycles. The van der Waals surface area contributed by atoms with Gasteiger partial charge in [-0.05, 0) is 32.2 Å². The molecule has 0 heterocycles. The first-order valence-corrected chi connectivity index (χ1v) is 6.48. The third kappa shape index (κ3) is 7.20. The van der Waals surface area contributed by atoms with E-state index in [9.17, 15) is 0 Å². The molecule has 0 aliphatic carbocycles. The highest BCUT2D eigenvalue weighted by atomic mass is 16.3. The summed E-state index contributed by atoms with van der Waals surface area (Å²) in [6, 6.07) is 0.498. The molecule has 0 aromatic carbocycles. The van der Waals surface area contributed by atoms with Gasteiger partial charge in [-0.15, -0.1) is 0 Å². The molecular formula is C13H30N2O. The fourth-order valence-electron chi connectivity index (χ4n) is 1.86. The van der Waals surface area contributed by atoms with Crippen LogP contribution in [0.5, 0.6) is 0 Å². The second-order valence-electron chi connectivity index (χ2n) is 5.63. The van der Waals surface area contributed by atoms with Gasteiger partial charge in [-0.1, -0.05) is 20.8 Å². The quantitative estimate of drug-likeness (QED) is 0.592. The number of aliphatic hydroxyl groups excluding tert-OH is 1. The van der Waals surface area contributed by atoms with Crippen LogP contribution in [0.2, 0.25) is 0 Å². The van der Waals surface area contributed by atoms with Gasteiger partial charge in [0.25, 0.3) is 0 Å². The van der Waals surface area contributed by atoms with E-state index >= 15 is 0 Å². The molecule has 0 rings (SSSR count). The Bertz CT molecular complexity index is 169. The number of rotatable bonds is 9. The second-order valence-corrected chi connectivity index (χ2v) is 5.63. The lowest BCUT2D eigenvalue weighted by atomic mass is 9.92. The van der Waals surface area contributed by atoms with Crippen LogP contribution >= 0.6 is 0 Å². The van der Waals surface area contributed by atoms with E-state index in [-0.39, 0.29) is 12.0 Å². The largest absolute Gasteiger partial charge is 0.395 e. The first kappa shape index (κ1) is 15.9. The number of nitrogens with one attached hydrogen (secondary N) is 1. The van der Waals surface area contributed by atoms with Gasteiger partial charge in [0.15, 0.2) is 0 Å². The maximum atomic E-state index is 9.04. The van der Waals surface area contributed by atoms with Crippen molar-refractivity contribution in [2.45, 2.75) is 47.1 Å².